The first kappa shape index (κ1) is 11.9. The number of anilines is 1. The Labute approximate surface area is 117 Å². The minimum absolute atomic E-state index is 0.737. The van der Waals surface area contributed by atoms with Gasteiger partial charge in [0, 0.05) is 16.9 Å². The zero-order chi connectivity index (χ0) is 13.2. The van der Waals surface area contributed by atoms with Gasteiger partial charge in [-0.3, -0.25) is 0 Å². The number of hydrogen-bond acceptors (Lipinski definition) is 2. The molecule has 0 bridgehead atoms. The summed E-state index contributed by atoms with van der Waals surface area (Å²) in [4.78, 5) is 2.03. The molecule has 0 saturated heterocycles. The van der Waals surface area contributed by atoms with E-state index in [1.54, 1.807) is 0 Å². The normalized spacial score (nSPS) is 14.3. The number of nitrogens with one attached hydrogen (secondary N) is 1. The summed E-state index contributed by atoms with van der Waals surface area (Å²) in [5, 5.41) is 4.02. The Bertz CT molecular complexity index is 630. The molecule has 2 aromatic carbocycles. The number of para-hydroxylation sites is 1. The van der Waals surface area contributed by atoms with Crippen LogP contribution in [-0.2, 0) is 0 Å². The predicted molar refractivity (Wildman–Crippen MR) is 80.6 cm³/mol. The lowest BCUT2D eigenvalue weighted by Gasteiger charge is -2.15. The first-order valence-electron chi connectivity index (χ1n) is 6.02. The molecule has 3 rings (SSSR count). The molecule has 0 spiro atoms. The maximum Gasteiger partial charge on any atom is 0.107 e. The first-order chi connectivity index (χ1) is 9.24. The van der Waals surface area contributed by atoms with Crippen LogP contribution in [0.5, 0.6) is 0 Å². The Morgan fingerprint density at radius 1 is 0.947 bits per heavy atom. The molecule has 0 unspecified atom stereocenters. The summed E-state index contributed by atoms with van der Waals surface area (Å²) in [6.07, 6.45) is 2.04. The van der Waals surface area contributed by atoms with Crippen molar-refractivity contribution in [1.29, 1.82) is 0 Å². The standard InChI is InChI=1S/C16H13ClN2/c1-12-18-16(13-7-9-14(17)10-8-13)11-19(12)15-5-3-2-4-6-15/h2-11,18H,1H2. The highest BCUT2D eigenvalue weighted by atomic mass is 35.5. The maximum atomic E-state index is 5.90. The molecule has 0 amide bonds. The van der Waals surface area contributed by atoms with Crippen molar-refractivity contribution in [2.45, 2.75) is 0 Å². The molecule has 2 aromatic rings. The zero-order valence-corrected chi connectivity index (χ0v) is 11.1. The highest BCUT2D eigenvalue weighted by molar-refractivity contribution is 6.30. The Morgan fingerprint density at radius 3 is 2.32 bits per heavy atom. The summed E-state index contributed by atoms with van der Waals surface area (Å²) in [6, 6.07) is 17.9. The second-order valence-electron chi connectivity index (χ2n) is 4.33. The molecule has 1 N–H and O–H groups in total. The van der Waals surface area contributed by atoms with E-state index in [1.165, 1.54) is 0 Å². The summed E-state index contributed by atoms with van der Waals surface area (Å²) >= 11 is 5.90. The van der Waals surface area contributed by atoms with Gasteiger partial charge in [-0.05, 0) is 29.8 Å². The van der Waals surface area contributed by atoms with Crippen LogP contribution < -0.4 is 10.2 Å². The van der Waals surface area contributed by atoms with Gasteiger partial charge in [0.1, 0.15) is 5.82 Å². The lowest BCUT2D eigenvalue weighted by Crippen LogP contribution is -2.16. The molecule has 0 radical (unpaired) electrons. The fraction of sp³-hybridized carbons (Fsp3) is 0. The number of rotatable bonds is 2. The lowest BCUT2D eigenvalue weighted by molar-refractivity contribution is 1.07. The topological polar surface area (TPSA) is 15.3 Å². The van der Waals surface area contributed by atoms with E-state index in [-0.39, 0.29) is 0 Å². The average Bonchev–Trinajstić information content (AvgIpc) is 2.83. The fourth-order valence-electron chi connectivity index (χ4n) is 2.05. The van der Waals surface area contributed by atoms with Crippen molar-refractivity contribution in [2.24, 2.45) is 0 Å². The van der Waals surface area contributed by atoms with Gasteiger partial charge in [-0.25, -0.2) is 0 Å². The third-order valence-electron chi connectivity index (χ3n) is 3.02. The number of nitrogens with zero attached hydrogens (tertiary/aromatic N) is 1. The van der Waals surface area contributed by atoms with E-state index in [9.17, 15) is 0 Å². The molecule has 3 heteroatoms. The summed E-state index contributed by atoms with van der Waals surface area (Å²) in [5.74, 6) is 0.844. The van der Waals surface area contributed by atoms with Gasteiger partial charge in [0.2, 0.25) is 0 Å². The van der Waals surface area contributed by atoms with Crippen LogP contribution in [0.2, 0.25) is 5.02 Å². The Kier molecular flexibility index (Phi) is 3.02. The van der Waals surface area contributed by atoms with E-state index in [2.05, 4.69) is 11.9 Å². The highest BCUT2D eigenvalue weighted by Crippen LogP contribution is 2.27. The van der Waals surface area contributed by atoms with Gasteiger partial charge in [-0.15, -0.1) is 0 Å². The number of halogens is 1. The van der Waals surface area contributed by atoms with Crippen molar-refractivity contribution >= 4 is 23.0 Å². The third kappa shape index (κ3) is 2.35. The highest BCUT2D eigenvalue weighted by Gasteiger charge is 2.18. The van der Waals surface area contributed by atoms with Crippen LogP contribution in [0, 0.1) is 0 Å². The van der Waals surface area contributed by atoms with Gasteiger partial charge in [0.05, 0.1) is 5.70 Å². The largest absolute Gasteiger partial charge is 0.340 e. The molecule has 0 aromatic heterocycles. The summed E-state index contributed by atoms with van der Waals surface area (Å²) in [5.41, 5.74) is 3.19. The maximum absolute atomic E-state index is 5.90. The Morgan fingerprint density at radius 2 is 1.63 bits per heavy atom. The van der Waals surface area contributed by atoms with Crippen LogP contribution in [0.25, 0.3) is 5.70 Å². The summed E-state index contributed by atoms with van der Waals surface area (Å²) < 4.78 is 0. The monoisotopic (exact) mass is 268 g/mol. The van der Waals surface area contributed by atoms with Gasteiger partial charge < -0.3 is 10.2 Å². The minimum atomic E-state index is 0.737. The van der Waals surface area contributed by atoms with E-state index < -0.39 is 0 Å². The zero-order valence-electron chi connectivity index (χ0n) is 10.3. The smallest absolute Gasteiger partial charge is 0.107 e. The van der Waals surface area contributed by atoms with Crippen LogP contribution in [0.4, 0.5) is 5.69 Å². The van der Waals surface area contributed by atoms with Crippen molar-refractivity contribution in [3.63, 3.8) is 0 Å². The van der Waals surface area contributed by atoms with E-state index in [0.29, 0.717) is 0 Å². The van der Waals surface area contributed by atoms with Crippen LogP contribution in [-0.4, -0.2) is 0 Å². The first-order valence-corrected chi connectivity index (χ1v) is 6.40. The molecule has 1 aliphatic heterocycles. The molecule has 0 aliphatic carbocycles. The van der Waals surface area contributed by atoms with E-state index in [1.807, 2.05) is 65.7 Å². The lowest BCUT2D eigenvalue weighted by atomic mass is 10.2. The fourth-order valence-corrected chi connectivity index (χ4v) is 2.18. The molecule has 94 valence electrons. The Hall–Kier alpha value is -2.19. The van der Waals surface area contributed by atoms with E-state index >= 15 is 0 Å². The van der Waals surface area contributed by atoms with Gasteiger partial charge in [0.15, 0.2) is 0 Å². The van der Waals surface area contributed by atoms with Crippen LogP contribution in [0.15, 0.2) is 73.2 Å². The van der Waals surface area contributed by atoms with Crippen molar-refractivity contribution in [2.75, 3.05) is 4.90 Å². The molecule has 0 atom stereocenters. The molecular weight excluding hydrogens is 256 g/mol. The predicted octanol–water partition coefficient (Wildman–Crippen LogP) is 4.22. The van der Waals surface area contributed by atoms with Crippen LogP contribution in [0.3, 0.4) is 0 Å². The third-order valence-corrected chi connectivity index (χ3v) is 3.27. The van der Waals surface area contributed by atoms with Crippen molar-refractivity contribution in [3.8, 4) is 0 Å². The quantitative estimate of drug-likeness (QED) is 0.877. The second-order valence-corrected chi connectivity index (χ2v) is 4.76. The summed E-state index contributed by atoms with van der Waals surface area (Å²) in [7, 11) is 0. The van der Waals surface area contributed by atoms with Crippen LogP contribution in [0.1, 0.15) is 5.56 Å². The van der Waals surface area contributed by atoms with Gasteiger partial charge in [-0.2, -0.15) is 0 Å². The molecule has 0 saturated carbocycles. The van der Waals surface area contributed by atoms with Crippen molar-refractivity contribution < 1.29 is 0 Å². The van der Waals surface area contributed by atoms with E-state index in [4.69, 9.17) is 11.6 Å². The molecule has 19 heavy (non-hydrogen) atoms. The molecule has 1 aliphatic rings. The number of hydrogen-bond donors (Lipinski definition) is 1. The second kappa shape index (κ2) is 4.82. The van der Waals surface area contributed by atoms with Crippen LogP contribution >= 0.6 is 11.6 Å². The van der Waals surface area contributed by atoms with E-state index in [0.717, 1.165) is 27.8 Å². The van der Waals surface area contributed by atoms with Gasteiger partial charge >= 0.3 is 0 Å². The minimum Gasteiger partial charge on any atom is -0.340 e. The molecule has 2 nitrogen and oxygen atoms in total. The SMILES string of the molecule is C=C1NC(c2ccc(Cl)cc2)=CN1c1ccccc1. The number of benzene rings is 2. The molecule has 0 fully saturated rings. The Balaban J connectivity index is 1.93. The summed E-state index contributed by atoms with van der Waals surface area (Å²) in [6.45, 7) is 4.04. The van der Waals surface area contributed by atoms with Gasteiger partial charge in [0.25, 0.3) is 0 Å². The van der Waals surface area contributed by atoms with Crippen molar-refractivity contribution in [1.82, 2.24) is 5.32 Å². The van der Waals surface area contributed by atoms with Gasteiger partial charge in [-0.1, -0.05) is 48.5 Å². The average molecular weight is 269 g/mol. The van der Waals surface area contributed by atoms with Crippen molar-refractivity contribution in [3.05, 3.63) is 83.8 Å². The molecular formula is C16H13ClN2. The molecule has 1 heterocycles.